The van der Waals surface area contributed by atoms with Crippen molar-refractivity contribution in [3.05, 3.63) is 96.3 Å². The van der Waals surface area contributed by atoms with Crippen molar-refractivity contribution < 1.29 is 9.53 Å². The van der Waals surface area contributed by atoms with Gasteiger partial charge in [-0.25, -0.2) is 4.68 Å². The minimum atomic E-state index is -0.108. The van der Waals surface area contributed by atoms with E-state index in [1.165, 1.54) is 6.33 Å². The van der Waals surface area contributed by atoms with Crippen molar-refractivity contribution in [1.29, 1.82) is 0 Å². The number of nitrogens with one attached hydrogen (secondary N) is 1. The van der Waals surface area contributed by atoms with Gasteiger partial charge in [0.05, 0.1) is 18.2 Å². The number of carbonyl (C=O) groups excluding carboxylic acids is 1. The van der Waals surface area contributed by atoms with E-state index >= 15 is 0 Å². The van der Waals surface area contributed by atoms with Crippen LogP contribution in [0, 0.1) is 0 Å². The average Bonchev–Trinajstić information content (AvgIpc) is 3.30. The molecule has 1 amide bonds. The molecular formula is C23H21N5O2. The van der Waals surface area contributed by atoms with Gasteiger partial charge in [-0.3, -0.25) is 4.79 Å². The zero-order valence-corrected chi connectivity index (χ0v) is 16.5. The highest BCUT2D eigenvalue weighted by Crippen LogP contribution is 2.23. The lowest BCUT2D eigenvalue weighted by Gasteiger charge is -2.15. The van der Waals surface area contributed by atoms with E-state index in [4.69, 9.17) is 4.74 Å². The molecule has 150 valence electrons. The Morgan fingerprint density at radius 3 is 2.33 bits per heavy atom. The van der Waals surface area contributed by atoms with E-state index in [1.54, 1.807) is 4.68 Å². The van der Waals surface area contributed by atoms with Crippen molar-refractivity contribution in [3.8, 4) is 17.2 Å². The lowest BCUT2D eigenvalue weighted by atomic mass is 10.1. The molecule has 4 rings (SSSR count). The summed E-state index contributed by atoms with van der Waals surface area (Å²) in [6.07, 6.45) is 1.83. The van der Waals surface area contributed by atoms with Crippen molar-refractivity contribution in [2.75, 3.05) is 0 Å². The number of tetrazole rings is 1. The van der Waals surface area contributed by atoms with E-state index in [1.807, 2.05) is 85.8 Å². The first-order valence-corrected chi connectivity index (χ1v) is 9.62. The number of benzene rings is 3. The highest BCUT2D eigenvalue weighted by Gasteiger charge is 2.11. The molecule has 0 saturated carbocycles. The number of ether oxygens (including phenoxy) is 1. The Morgan fingerprint density at radius 2 is 1.67 bits per heavy atom. The maximum atomic E-state index is 12.4. The van der Waals surface area contributed by atoms with Crippen LogP contribution in [0.4, 0.5) is 0 Å². The number of aromatic nitrogens is 4. The summed E-state index contributed by atoms with van der Waals surface area (Å²) in [5.74, 6) is 1.51. The van der Waals surface area contributed by atoms with Gasteiger partial charge in [0.1, 0.15) is 17.8 Å². The van der Waals surface area contributed by atoms with Crippen molar-refractivity contribution in [3.63, 3.8) is 0 Å². The Bertz CT molecular complexity index is 1080. The summed E-state index contributed by atoms with van der Waals surface area (Å²) in [5.41, 5.74) is 2.77. The molecule has 1 heterocycles. The van der Waals surface area contributed by atoms with Crippen LogP contribution in [0.5, 0.6) is 11.5 Å². The van der Waals surface area contributed by atoms with Crippen LogP contribution in [0.2, 0.25) is 0 Å². The van der Waals surface area contributed by atoms with Gasteiger partial charge in [-0.2, -0.15) is 0 Å². The molecule has 4 aromatic rings. The molecule has 1 aromatic heterocycles. The monoisotopic (exact) mass is 399 g/mol. The van der Waals surface area contributed by atoms with E-state index < -0.39 is 0 Å². The fourth-order valence-corrected chi connectivity index (χ4v) is 3.06. The predicted molar refractivity (Wildman–Crippen MR) is 112 cm³/mol. The molecule has 3 aromatic carbocycles. The number of carbonyl (C=O) groups is 1. The van der Waals surface area contributed by atoms with E-state index in [0.717, 1.165) is 28.3 Å². The first-order valence-electron chi connectivity index (χ1n) is 9.62. The van der Waals surface area contributed by atoms with Crippen molar-refractivity contribution in [1.82, 2.24) is 25.5 Å². The molecule has 0 aliphatic carbocycles. The first-order chi connectivity index (χ1) is 14.7. The third kappa shape index (κ3) is 4.88. The zero-order chi connectivity index (χ0) is 20.8. The second-order valence-corrected chi connectivity index (χ2v) is 6.87. The van der Waals surface area contributed by atoms with Crippen LogP contribution in [0.25, 0.3) is 5.69 Å². The SMILES string of the molecule is CC(NC(=O)Cc1ccc(-n2cnnn2)cc1)c1ccc(Oc2ccccc2)cc1. The molecule has 0 aliphatic rings. The van der Waals surface area contributed by atoms with Gasteiger partial charge in [-0.1, -0.05) is 42.5 Å². The molecule has 0 radical (unpaired) electrons. The number of nitrogens with zero attached hydrogens (tertiary/aromatic N) is 4. The third-order valence-corrected chi connectivity index (χ3v) is 4.65. The number of amides is 1. The van der Waals surface area contributed by atoms with Crippen LogP contribution in [-0.2, 0) is 11.2 Å². The minimum absolute atomic E-state index is 0.0396. The van der Waals surface area contributed by atoms with E-state index in [2.05, 4.69) is 20.8 Å². The normalized spacial score (nSPS) is 11.6. The molecule has 0 fully saturated rings. The largest absolute Gasteiger partial charge is 0.457 e. The minimum Gasteiger partial charge on any atom is -0.457 e. The topological polar surface area (TPSA) is 81.9 Å². The maximum absolute atomic E-state index is 12.4. The quantitative estimate of drug-likeness (QED) is 0.510. The van der Waals surface area contributed by atoms with Gasteiger partial charge in [0.15, 0.2) is 0 Å². The Morgan fingerprint density at radius 1 is 0.967 bits per heavy atom. The molecule has 0 saturated heterocycles. The first kappa shape index (κ1) is 19.3. The van der Waals surface area contributed by atoms with Crippen molar-refractivity contribution >= 4 is 5.91 Å². The Hall–Kier alpha value is -4.00. The summed E-state index contributed by atoms with van der Waals surface area (Å²) in [4.78, 5) is 12.4. The highest BCUT2D eigenvalue weighted by molar-refractivity contribution is 5.79. The average molecular weight is 399 g/mol. The van der Waals surface area contributed by atoms with Crippen LogP contribution in [-0.4, -0.2) is 26.1 Å². The standard InChI is InChI=1S/C23H21N5O2/c1-17(19-9-13-22(14-10-19)30-21-5-3-2-4-6-21)25-23(29)15-18-7-11-20(12-8-18)28-16-24-26-27-28/h2-14,16-17H,15H2,1H3,(H,25,29). The maximum Gasteiger partial charge on any atom is 0.224 e. The lowest BCUT2D eigenvalue weighted by molar-refractivity contribution is -0.121. The van der Waals surface area contributed by atoms with Crippen LogP contribution in [0.3, 0.4) is 0 Å². The van der Waals surface area contributed by atoms with Gasteiger partial charge in [0.25, 0.3) is 0 Å². The van der Waals surface area contributed by atoms with Crippen molar-refractivity contribution in [2.45, 2.75) is 19.4 Å². The summed E-state index contributed by atoms with van der Waals surface area (Å²) in [6, 6.07) is 24.8. The summed E-state index contributed by atoms with van der Waals surface area (Å²) >= 11 is 0. The second kappa shape index (κ2) is 9.00. The van der Waals surface area contributed by atoms with Gasteiger partial charge in [-0.05, 0) is 64.9 Å². The summed E-state index contributed by atoms with van der Waals surface area (Å²) in [5, 5.41) is 14.1. The molecule has 7 nitrogen and oxygen atoms in total. The molecule has 0 bridgehead atoms. The smallest absolute Gasteiger partial charge is 0.224 e. The van der Waals surface area contributed by atoms with Crippen LogP contribution >= 0.6 is 0 Å². The fraction of sp³-hybridized carbons (Fsp3) is 0.130. The van der Waals surface area contributed by atoms with E-state index in [0.29, 0.717) is 6.42 Å². The Labute approximate surface area is 174 Å². The molecule has 0 aliphatic heterocycles. The Balaban J connectivity index is 1.32. The Kier molecular flexibility index (Phi) is 5.80. The van der Waals surface area contributed by atoms with E-state index in [9.17, 15) is 4.79 Å². The summed E-state index contributed by atoms with van der Waals surface area (Å²) in [6.45, 7) is 1.96. The van der Waals surface area contributed by atoms with E-state index in [-0.39, 0.29) is 11.9 Å². The van der Waals surface area contributed by atoms with Crippen LogP contribution in [0.15, 0.2) is 85.2 Å². The molecule has 1 atom stereocenters. The molecule has 0 spiro atoms. The summed E-state index contributed by atoms with van der Waals surface area (Å²) < 4.78 is 7.37. The van der Waals surface area contributed by atoms with Crippen molar-refractivity contribution in [2.24, 2.45) is 0 Å². The lowest BCUT2D eigenvalue weighted by Crippen LogP contribution is -2.28. The fourth-order valence-electron chi connectivity index (χ4n) is 3.06. The summed E-state index contributed by atoms with van der Waals surface area (Å²) in [7, 11) is 0. The highest BCUT2D eigenvalue weighted by atomic mass is 16.5. The number of para-hydroxylation sites is 1. The van der Waals surface area contributed by atoms with Gasteiger partial charge >= 0.3 is 0 Å². The molecule has 1 N–H and O–H groups in total. The molecule has 30 heavy (non-hydrogen) atoms. The molecule has 7 heteroatoms. The van der Waals surface area contributed by atoms with Gasteiger partial charge in [0, 0.05) is 0 Å². The number of rotatable bonds is 7. The molecular weight excluding hydrogens is 378 g/mol. The third-order valence-electron chi connectivity index (χ3n) is 4.65. The van der Waals surface area contributed by atoms with Gasteiger partial charge in [0.2, 0.25) is 5.91 Å². The second-order valence-electron chi connectivity index (χ2n) is 6.87. The van der Waals surface area contributed by atoms with Crippen LogP contribution in [0.1, 0.15) is 24.1 Å². The van der Waals surface area contributed by atoms with Gasteiger partial charge in [-0.15, -0.1) is 5.10 Å². The number of hydrogen-bond donors (Lipinski definition) is 1. The van der Waals surface area contributed by atoms with Crippen LogP contribution < -0.4 is 10.1 Å². The van der Waals surface area contributed by atoms with Gasteiger partial charge < -0.3 is 10.1 Å². The molecule has 1 unspecified atom stereocenters. The predicted octanol–water partition coefficient (Wildman–Crippen LogP) is 3.87. The zero-order valence-electron chi connectivity index (χ0n) is 16.5. The number of hydrogen-bond acceptors (Lipinski definition) is 5.